The molecule has 0 fully saturated rings. The fourth-order valence-electron chi connectivity index (χ4n) is 1.87. The average molecular weight is 279 g/mol. The maximum Gasteiger partial charge on any atom is 0.338 e. The van der Waals surface area contributed by atoms with Gasteiger partial charge in [-0.25, -0.2) is 9.48 Å². The molecule has 1 aromatic carbocycles. The van der Waals surface area contributed by atoms with Gasteiger partial charge in [0.2, 0.25) is 0 Å². The Kier molecular flexibility index (Phi) is 3.73. The lowest BCUT2D eigenvalue weighted by molar-refractivity contribution is 0.0467. The second-order valence-corrected chi connectivity index (χ2v) is 4.40. The molecule has 3 rings (SSSR count). The minimum atomic E-state index is -0.383. The molecule has 104 valence electrons. The summed E-state index contributed by atoms with van der Waals surface area (Å²) in [6.07, 6.45) is 4.95. The van der Waals surface area contributed by atoms with Crippen LogP contribution in [0.5, 0.6) is 0 Å². The molecule has 0 aliphatic carbocycles. The molecule has 0 spiro atoms. The van der Waals surface area contributed by atoms with Crippen molar-refractivity contribution in [1.82, 2.24) is 14.8 Å². The van der Waals surface area contributed by atoms with Gasteiger partial charge in [-0.2, -0.15) is 5.10 Å². The van der Waals surface area contributed by atoms with Gasteiger partial charge in [-0.3, -0.25) is 4.98 Å². The first-order chi connectivity index (χ1) is 10.3. The zero-order chi connectivity index (χ0) is 14.5. The van der Waals surface area contributed by atoms with Gasteiger partial charge in [0.15, 0.2) is 0 Å². The highest BCUT2D eigenvalue weighted by Gasteiger charge is 2.08. The molecule has 0 radical (unpaired) electrons. The Labute approximate surface area is 121 Å². The minimum Gasteiger partial charge on any atom is -0.456 e. The van der Waals surface area contributed by atoms with Gasteiger partial charge in [0, 0.05) is 18.6 Å². The van der Waals surface area contributed by atoms with Crippen molar-refractivity contribution in [2.24, 2.45) is 0 Å². The highest BCUT2D eigenvalue weighted by molar-refractivity contribution is 5.89. The average Bonchev–Trinajstić information content (AvgIpc) is 3.03. The SMILES string of the molecule is O=C(OCc1ccn(-c2ccccc2)n1)c1ccncc1. The zero-order valence-corrected chi connectivity index (χ0v) is 11.2. The van der Waals surface area contributed by atoms with Gasteiger partial charge < -0.3 is 4.74 Å². The summed E-state index contributed by atoms with van der Waals surface area (Å²) in [6, 6.07) is 14.8. The summed E-state index contributed by atoms with van der Waals surface area (Å²) in [5.41, 5.74) is 2.14. The molecular formula is C16H13N3O2. The topological polar surface area (TPSA) is 57.0 Å². The summed E-state index contributed by atoms with van der Waals surface area (Å²) in [5, 5.41) is 4.37. The Morgan fingerprint density at radius 2 is 1.81 bits per heavy atom. The van der Waals surface area contributed by atoms with Crippen molar-refractivity contribution < 1.29 is 9.53 Å². The van der Waals surface area contributed by atoms with Crippen LogP contribution < -0.4 is 0 Å². The number of hydrogen-bond donors (Lipinski definition) is 0. The van der Waals surface area contributed by atoms with Gasteiger partial charge in [0.25, 0.3) is 0 Å². The summed E-state index contributed by atoms with van der Waals surface area (Å²) in [6.45, 7) is 0.140. The predicted molar refractivity (Wildman–Crippen MR) is 76.9 cm³/mol. The first kappa shape index (κ1) is 13.1. The lowest BCUT2D eigenvalue weighted by Gasteiger charge is -2.03. The van der Waals surface area contributed by atoms with Crippen LogP contribution in [0, 0.1) is 0 Å². The van der Waals surface area contributed by atoms with E-state index >= 15 is 0 Å². The summed E-state index contributed by atoms with van der Waals surface area (Å²) in [4.78, 5) is 15.7. The zero-order valence-electron chi connectivity index (χ0n) is 11.2. The summed E-state index contributed by atoms with van der Waals surface area (Å²) in [5.74, 6) is -0.383. The van der Waals surface area contributed by atoms with Crippen molar-refractivity contribution in [2.75, 3.05) is 0 Å². The third kappa shape index (κ3) is 3.14. The van der Waals surface area contributed by atoms with Crippen LogP contribution >= 0.6 is 0 Å². The van der Waals surface area contributed by atoms with E-state index in [-0.39, 0.29) is 12.6 Å². The molecule has 0 aliphatic rings. The molecule has 2 aromatic heterocycles. The number of ether oxygens (including phenoxy) is 1. The molecule has 21 heavy (non-hydrogen) atoms. The van der Waals surface area contributed by atoms with E-state index in [1.807, 2.05) is 42.6 Å². The molecule has 0 amide bonds. The number of aromatic nitrogens is 3. The molecule has 0 bridgehead atoms. The van der Waals surface area contributed by atoms with Crippen LogP contribution in [0.15, 0.2) is 67.1 Å². The molecule has 2 heterocycles. The molecule has 5 heteroatoms. The lowest BCUT2D eigenvalue weighted by Crippen LogP contribution is -2.06. The maximum atomic E-state index is 11.8. The first-order valence-corrected chi connectivity index (χ1v) is 6.50. The molecule has 0 N–H and O–H groups in total. The molecule has 0 atom stereocenters. The smallest absolute Gasteiger partial charge is 0.338 e. The molecular weight excluding hydrogens is 266 g/mol. The number of rotatable bonds is 4. The second-order valence-electron chi connectivity index (χ2n) is 4.40. The molecule has 0 saturated heterocycles. The number of carbonyl (C=O) groups is 1. The van der Waals surface area contributed by atoms with Crippen molar-refractivity contribution in [3.63, 3.8) is 0 Å². The Morgan fingerprint density at radius 3 is 2.57 bits per heavy atom. The van der Waals surface area contributed by atoms with Crippen molar-refractivity contribution in [2.45, 2.75) is 6.61 Å². The number of carbonyl (C=O) groups excluding carboxylic acids is 1. The fourth-order valence-corrected chi connectivity index (χ4v) is 1.87. The van der Waals surface area contributed by atoms with E-state index in [1.165, 1.54) is 0 Å². The van der Waals surface area contributed by atoms with Gasteiger partial charge in [0.05, 0.1) is 11.3 Å². The largest absolute Gasteiger partial charge is 0.456 e. The van der Waals surface area contributed by atoms with Crippen LogP contribution in [0.1, 0.15) is 16.1 Å². The predicted octanol–water partition coefficient (Wildman–Crippen LogP) is 2.62. The Morgan fingerprint density at radius 1 is 1.05 bits per heavy atom. The highest BCUT2D eigenvalue weighted by Crippen LogP contribution is 2.08. The summed E-state index contributed by atoms with van der Waals surface area (Å²) >= 11 is 0. The van der Waals surface area contributed by atoms with Crippen molar-refractivity contribution >= 4 is 5.97 Å². The first-order valence-electron chi connectivity index (χ1n) is 6.50. The molecule has 3 aromatic rings. The number of para-hydroxylation sites is 1. The van der Waals surface area contributed by atoms with E-state index in [2.05, 4.69) is 10.1 Å². The fraction of sp³-hybridized carbons (Fsp3) is 0.0625. The normalized spacial score (nSPS) is 10.3. The molecule has 0 unspecified atom stereocenters. The van der Waals surface area contributed by atoms with E-state index in [0.29, 0.717) is 11.3 Å². The van der Waals surface area contributed by atoms with Crippen LogP contribution in [-0.2, 0) is 11.3 Å². The third-order valence-electron chi connectivity index (χ3n) is 2.93. The monoisotopic (exact) mass is 279 g/mol. The van der Waals surface area contributed by atoms with Crippen molar-refractivity contribution in [3.05, 3.63) is 78.4 Å². The Hall–Kier alpha value is -2.95. The van der Waals surface area contributed by atoms with Gasteiger partial charge in [-0.15, -0.1) is 0 Å². The van der Waals surface area contributed by atoms with Crippen LogP contribution in [0.25, 0.3) is 5.69 Å². The van der Waals surface area contributed by atoms with E-state index < -0.39 is 0 Å². The second kappa shape index (κ2) is 6.00. The maximum absolute atomic E-state index is 11.8. The minimum absolute atomic E-state index is 0.140. The molecule has 0 aliphatic heterocycles. The molecule has 5 nitrogen and oxygen atoms in total. The molecule has 0 saturated carbocycles. The van der Waals surface area contributed by atoms with Gasteiger partial charge in [-0.05, 0) is 30.3 Å². The number of nitrogens with zero attached hydrogens (tertiary/aromatic N) is 3. The number of benzene rings is 1. The van der Waals surface area contributed by atoms with Crippen molar-refractivity contribution in [3.8, 4) is 5.69 Å². The lowest BCUT2D eigenvalue weighted by atomic mass is 10.3. The summed E-state index contributed by atoms with van der Waals surface area (Å²) < 4.78 is 6.97. The van der Waals surface area contributed by atoms with E-state index in [1.54, 1.807) is 29.2 Å². The van der Waals surface area contributed by atoms with Gasteiger partial charge >= 0.3 is 5.97 Å². The number of hydrogen-bond acceptors (Lipinski definition) is 4. The van der Waals surface area contributed by atoms with E-state index in [0.717, 1.165) is 5.69 Å². The van der Waals surface area contributed by atoms with E-state index in [4.69, 9.17) is 4.74 Å². The number of esters is 1. The Balaban J connectivity index is 1.64. The van der Waals surface area contributed by atoms with Crippen LogP contribution in [0.2, 0.25) is 0 Å². The van der Waals surface area contributed by atoms with Crippen LogP contribution in [0.3, 0.4) is 0 Å². The van der Waals surface area contributed by atoms with Crippen LogP contribution in [-0.4, -0.2) is 20.7 Å². The summed E-state index contributed by atoms with van der Waals surface area (Å²) in [7, 11) is 0. The quantitative estimate of drug-likeness (QED) is 0.689. The number of pyridine rings is 1. The van der Waals surface area contributed by atoms with Gasteiger partial charge in [0.1, 0.15) is 12.3 Å². The van der Waals surface area contributed by atoms with Gasteiger partial charge in [-0.1, -0.05) is 18.2 Å². The Bertz CT molecular complexity index is 724. The highest BCUT2D eigenvalue weighted by atomic mass is 16.5. The van der Waals surface area contributed by atoms with Crippen molar-refractivity contribution in [1.29, 1.82) is 0 Å². The van der Waals surface area contributed by atoms with Crippen LogP contribution in [0.4, 0.5) is 0 Å². The van der Waals surface area contributed by atoms with E-state index in [9.17, 15) is 4.79 Å². The third-order valence-corrected chi connectivity index (χ3v) is 2.93. The standard InChI is InChI=1S/C16H13N3O2/c20-16(13-6-9-17-10-7-13)21-12-14-8-11-19(18-14)15-4-2-1-3-5-15/h1-11H,12H2.